The molecule has 0 saturated carbocycles. The number of ether oxygens (including phenoxy) is 1. The summed E-state index contributed by atoms with van der Waals surface area (Å²) in [5.41, 5.74) is -1.06. The molecule has 1 N–H and O–H groups in total. The lowest BCUT2D eigenvalue weighted by Crippen LogP contribution is -2.29. The molecular weight excluding hydrogens is 234 g/mol. The van der Waals surface area contributed by atoms with Gasteiger partial charge in [-0.15, -0.1) is 6.42 Å². The van der Waals surface area contributed by atoms with Crippen molar-refractivity contribution in [2.45, 2.75) is 51.0 Å². The summed E-state index contributed by atoms with van der Waals surface area (Å²) in [4.78, 5) is 21.7. The number of nitriles is 1. The van der Waals surface area contributed by atoms with E-state index < -0.39 is 17.5 Å². The Kier molecular flexibility index (Phi) is 7.23. The summed E-state index contributed by atoms with van der Waals surface area (Å²) in [6.07, 6.45) is 6.83. The van der Waals surface area contributed by atoms with Crippen molar-refractivity contribution in [3.8, 4) is 18.4 Å². The molecule has 0 fully saturated rings. The molecule has 5 heteroatoms. The fraction of sp³-hybridized carbons (Fsp3) is 0.615. The fourth-order valence-corrected chi connectivity index (χ4v) is 1.29. The number of terminal acetylenes is 1. The third kappa shape index (κ3) is 7.29. The van der Waals surface area contributed by atoms with Crippen LogP contribution in [0.3, 0.4) is 0 Å². The molecule has 0 aromatic rings. The van der Waals surface area contributed by atoms with Crippen molar-refractivity contribution in [1.29, 1.82) is 5.26 Å². The van der Waals surface area contributed by atoms with Crippen molar-refractivity contribution < 1.29 is 19.4 Å². The smallest absolute Gasteiger partial charge is 0.307 e. The van der Waals surface area contributed by atoms with Gasteiger partial charge in [0, 0.05) is 25.7 Å². The first-order chi connectivity index (χ1) is 8.43. The summed E-state index contributed by atoms with van der Waals surface area (Å²) >= 11 is 0. The van der Waals surface area contributed by atoms with Gasteiger partial charge in [0.15, 0.2) is 5.60 Å². The molecule has 0 aliphatic rings. The molecule has 0 radical (unpaired) electrons. The predicted octanol–water partition coefficient (Wildman–Crippen LogP) is 1.87. The van der Waals surface area contributed by atoms with Gasteiger partial charge in [0.05, 0.1) is 6.07 Å². The highest BCUT2D eigenvalue weighted by Crippen LogP contribution is 2.18. The van der Waals surface area contributed by atoms with E-state index in [1.54, 1.807) is 6.92 Å². The average molecular weight is 251 g/mol. The topological polar surface area (TPSA) is 87.4 Å². The standard InChI is InChI=1S/C13H17NO4/c1-3-13(2,9-6-10-14)18-12(17)8-5-4-7-11(15)16/h1H,4-9H2,2H3,(H,15,16). The number of nitrogens with zero attached hydrogens (tertiary/aromatic N) is 1. The highest BCUT2D eigenvalue weighted by atomic mass is 16.6. The fourth-order valence-electron chi connectivity index (χ4n) is 1.29. The normalized spacial score (nSPS) is 12.8. The average Bonchev–Trinajstić information content (AvgIpc) is 2.32. The molecule has 0 bridgehead atoms. The molecule has 0 amide bonds. The summed E-state index contributed by atoms with van der Waals surface area (Å²) < 4.78 is 5.12. The molecule has 0 spiro atoms. The maximum atomic E-state index is 11.5. The van der Waals surface area contributed by atoms with Gasteiger partial charge in [-0.25, -0.2) is 0 Å². The second-order valence-corrected chi connectivity index (χ2v) is 4.11. The molecular formula is C13H17NO4. The van der Waals surface area contributed by atoms with E-state index in [2.05, 4.69) is 5.92 Å². The zero-order valence-electron chi connectivity index (χ0n) is 10.4. The highest BCUT2D eigenvalue weighted by molar-refractivity contribution is 5.70. The number of unbranched alkanes of at least 4 members (excludes halogenated alkanes) is 1. The summed E-state index contributed by atoms with van der Waals surface area (Å²) in [5.74, 6) is 1.02. The van der Waals surface area contributed by atoms with E-state index in [0.29, 0.717) is 19.3 Å². The molecule has 98 valence electrons. The minimum Gasteiger partial charge on any atom is -0.481 e. The lowest BCUT2D eigenvalue weighted by molar-refractivity contribution is -0.153. The Labute approximate surface area is 107 Å². The Morgan fingerprint density at radius 3 is 2.50 bits per heavy atom. The largest absolute Gasteiger partial charge is 0.481 e. The van der Waals surface area contributed by atoms with E-state index in [4.69, 9.17) is 21.5 Å². The first-order valence-corrected chi connectivity index (χ1v) is 5.72. The van der Waals surface area contributed by atoms with Crippen molar-refractivity contribution in [2.75, 3.05) is 0 Å². The Bertz CT molecular complexity index is 377. The van der Waals surface area contributed by atoms with Gasteiger partial charge in [0.1, 0.15) is 0 Å². The Hall–Kier alpha value is -2.01. The summed E-state index contributed by atoms with van der Waals surface area (Å²) in [6, 6.07) is 1.94. The molecule has 0 rings (SSSR count). The molecule has 0 saturated heterocycles. The van der Waals surface area contributed by atoms with Gasteiger partial charge in [-0.05, 0) is 19.8 Å². The van der Waals surface area contributed by atoms with Gasteiger partial charge >= 0.3 is 11.9 Å². The van der Waals surface area contributed by atoms with Crippen LogP contribution in [0.2, 0.25) is 0 Å². The summed E-state index contributed by atoms with van der Waals surface area (Å²) in [7, 11) is 0. The zero-order chi connectivity index (χ0) is 14.0. The van der Waals surface area contributed by atoms with E-state index >= 15 is 0 Å². The van der Waals surface area contributed by atoms with Crippen LogP contribution in [0.15, 0.2) is 0 Å². The molecule has 0 aromatic heterocycles. The minimum atomic E-state index is -1.06. The van der Waals surface area contributed by atoms with Gasteiger partial charge in [-0.2, -0.15) is 5.26 Å². The molecule has 18 heavy (non-hydrogen) atoms. The Morgan fingerprint density at radius 1 is 1.39 bits per heavy atom. The van der Waals surface area contributed by atoms with Crippen molar-refractivity contribution in [2.24, 2.45) is 0 Å². The number of carboxylic acid groups (broad SMARTS) is 1. The Balaban J connectivity index is 4.02. The lowest BCUT2D eigenvalue weighted by Gasteiger charge is -2.22. The van der Waals surface area contributed by atoms with Gasteiger partial charge in [-0.1, -0.05) is 5.92 Å². The molecule has 0 heterocycles. The molecule has 1 atom stereocenters. The number of carbonyl (C=O) groups is 2. The van der Waals surface area contributed by atoms with Crippen molar-refractivity contribution in [3.63, 3.8) is 0 Å². The number of esters is 1. The monoisotopic (exact) mass is 251 g/mol. The van der Waals surface area contributed by atoms with E-state index in [0.717, 1.165) is 0 Å². The maximum absolute atomic E-state index is 11.5. The number of aliphatic carboxylic acids is 1. The molecule has 1 unspecified atom stereocenters. The van der Waals surface area contributed by atoms with E-state index in [9.17, 15) is 9.59 Å². The third-order valence-electron chi connectivity index (χ3n) is 2.38. The first-order valence-electron chi connectivity index (χ1n) is 5.72. The Morgan fingerprint density at radius 2 is 2.00 bits per heavy atom. The number of carbonyl (C=O) groups excluding carboxylic acids is 1. The van der Waals surface area contributed by atoms with Crippen LogP contribution in [0, 0.1) is 23.7 Å². The van der Waals surface area contributed by atoms with Crippen LogP contribution < -0.4 is 0 Å². The lowest BCUT2D eigenvalue weighted by atomic mass is 10.0. The van der Waals surface area contributed by atoms with Crippen LogP contribution in [0.1, 0.15) is 45.4 Å². The number of hydrogen-bond donors (Lipinski definition) is 1. The van der Waals surface area contributed by atoms with Crippen LogP contribution in [0.5, 0.6) is 0 Å². The number of carboxylic acids is 1. The molecule has 0 aliphatic carbocycles. The van der Waals surface area contributed by atoms with E-state index in [1.807, 2.05) is 6.07 Å². The molecule has 0 aromatic carbocycles. The van der Waals surface area contributed by atoms with Crippen LogP contribution >= 0.6 is 0 Å². The van der Waals surface area contributed by atoms with Crippen LogP contribution in [0.4, 0.5) is 0 Å². The van der Waals surface area contributed by atoms with Gasteiger partial charge < -0.3 is 9.84 Å². The maximum Gasteiger partial charge on any atom is 0.307 e. The van der Waals surface area contributed by atoms with Crippen LogP contribution in [-0.2, 0) is 14.3 Å². The van der Waals surface area contributed by atoms with Crippen molar-refractivity contribution in [1.82, 2.24) is 0 Å². The van der Waals surface area contributed by atoms with E-state index in [1.165, 1.54) is 0 Å². The quantitative estimate of drug-likeness (QED) is 0.404. The van der Waals surface area contributed by atoms with Crippen molar-refractivity contribution >= 4 is 11.9 Å². The third-order valence-corrected chi connectivity index (χ3v) is 2.38. The van der Waals surface area contributed by atoms with Gasteiger partial charge in [0.25, 0.3) is 0 Å². The first kappa shape index (κ1) is 16.0. The van der Waals surface area contributed by atoms with E-state index in [-0.39, 0.29) is 19.3 Å². The molecule has 5 nitrogen and oxygen atoms in total. The molecule has 0 aliphatic heterocycles. The second kappa shape index (κ2) is 8.14. The van der Waals surface area contributed by atoms with Crippen LogP contribution in [-0.4, -0.2) is 22.6 Å². The number of hydrogen-bond acceptors (Lipinski definition) is 4. The van der Waals surface area contributed by atoms with Gasteiger partial charge in [-0.3, -0.25) is 9.59 Å². The summed E-state index contributed by atoms with van der Waals surface area (Å²) in [6.45, 7) is 1.58. The SMILES string of the molecule is C#CC(C)(CCC#N)OC(=O)CCCCC(=O)O. The highest BCUT2D eigenvalue weighted by Gasteiger charge is 2.25. The van der Waals surface area contributed by atoms with Crippen molar-refractivity contribution in [3.05, 3.63) is 0 Å². The van der Waals surface area contributed by atoms with Gasteiger partial charge in [0.2, 0.25) is 0 Å². The van der Waals surface area contributed by atoms with Crippen LogP contribution in [0.25, 0.3) is 0 Å². The summed E-state index contributed by atoms with van der Waals surface area (Å²) in [5, 5.41) is 16.9. The number of rotatable bonds is 8. The minimum absolute atomic E-state index is 0.0358. The second-order valence-electron chi connectivity index (χ2n) is 4.11. The predicted molar refractivity (Wildman–Crippen MR) is 64.3 cm³/mol. The zero-order valence-corrected chi connectivity index (χ0v) is 10.4.